The lowest BCUT2D eigenvalue weighted by Gasteiger charge is -2.32. The third-order valence-corrected chi connectivity index (χ3v) is 7.69. The molecular weight excluding hydrogens is 539 g/mol. The van der Waals surface area contributed by atoms with Crippen molar-refractivity contribution >= 4 is 28.7 Å². The van der Waals surface area contributed by atoms with E-state index in [0.717, 1.165) is 50.5 Å². The molecule has 2 aliphatic rings. The van der Waals surface area contributed by atoms with E-state index in [4.69, 9.17) is 26.1 Å². The maximum Gasteiger partial charge on any atom is 0.316 e. The molecule has 10 nitrogen and oxygen atoms in total. The monoisotopic (exact) mass is 565 g/mol. The molecule has 0 spiro atoms. The summed E-state index contributed by atoms with van der Waals surface area (Å²) in [5, 5.41) is 11.7. The van der Waals surface area contributed by atoms with Gasteiger partial charge in [0.05, 0.1) is 36.6 Å². The molecule has 208 valence electrons. The molecule has 2 aliphatic heterocycles. The number of aromatic nitrogens is 5. The van der Waals surface area contributed by atoms with Crippen molar-refractivity contribution in [2.24, 2.45) is 0 Å². The van der Waals surface area contributed by atoms with Crippen LogP contribution in [0.2, 0.25) is 5.02 Å². The van der Waals surface area contributed by atoms with Gasteiger partial charge in [-0.15, -0.1) is 0 Å². The molecule has 0 saturated carbocycles. The molecule has 2 fully saturated rings. The van der Waals surface area contributed by atoms with Crippen molar-refractivity contribution in [1.82, 2.24) is 29.4 Å². The first-order valence-electron chi connectivity index (χ1n) is 13.2. The number of piperidine rings is 1. The summed E-state index contributed by atoms with van der Waals surface area (Å²) in [7, 11) is 0. The molecule has 2 saturated heterocycles. The van der Waals surface area contributed by atoms with Crippen molar-refractivity contribution in [2.75, 3.05) is 19.7 Å². The molecular formula is C28H27ClFN6O4-. The van der Waals surface area contributed by atoms with E-state index in [9.17, 15) is 14.3 Å². The maximum absolute atomic E-state index is 14.1. The maximum atomic E-state index is 14.1. The van der Waals surface area contributed by atoms with Crippen LogP contribution in [-0.4, -0.2) is 61.2 Å². The van der Waals surface area contributed by atoms with Crippen LogP contribution in [0.1, 0.15) is 52.8 Å². The van der Waals surface area contributed by atoms with Crippen molar-refractivity contribution in [3.8, 4) is 6.01 Å². The first kappa shape index (κ1) is 26.5. The molecule has 0 N–H and O–H groups in total. The predicted molar refractivity (Wildman–Crippen MR) is 141 cm³/mol. The Labute approximate surface area is 234 Å². The molecule has 0 bridgehead atoms. The van der Waals surface area contributed by atoms with Gasteiger partial charge in [-0.1, -0.05) is 17.7 Å². The second kappa shape index (κ2) is 11.4. The second-order valence-electron chi connectivity index (χ2n) is 10.1. The van der Waals surface area contributed by atoms with Gasteiger partial charge in [-0.05, 0) is 62.7 Å². The zero-order chi connectivity index (χ0) is 27.6. The van der Waals surface area contributed by atoms with Gasteiger partial charge in [-0.3, -0.25) is 4.90 Å². The Bertz CT molecular complexity index is 1540. The number of hydrogen-bond donors (Lipinski definition) is 0. The van der Waals surface area contributed by atoms with E-state index in [1.165, 1.54) is 12.1 Å². The summed E-state index contributed by atoms with van der Waals surface area (Å²) in [5.74, 6) is -0.670. The largest absolute Gasteiger partial charge is 0.543 e. The number of carboxylic acid groups (broad SMARTS) is 1. The van der Waals surface area contributed by atoms with Crippen LogP contribution >= 0.6 is 11.6 Å². The van der Waals surface area contributed by atoms with E-state index in [1.807, 2.05) is 10.6 Å². The van der Waals surface area contributed by atoms with Crippen LogP contribution in [0.25, 0.3) is 11.2 Å². The third-order valence-electron chi connectivity index (χ3n) is 7.46. The van der Waals surface area contributed by atoms with Gasteiger partial charge >= 0.3 is 6.01 Å². The van der Waals surface area contributed by atoms with Gasteiger partial charge in [0, 0.05) is 29.3 Å². The highest BCUT2D eigenvalue weighted by atomic mass is 35.5. The van der Waals surface area contributed by atoms with Gasteiger partial charge in [0.15, 0.2) is 5.65 Å². The van der Waals surface area contributed by atoms with Crippen molar-refractivity contribution in [1.29, 1.82) is 0 Å². The number of imidazole rings is 1. The number of carboxylic acids is 1. The van der Waals surface area contributed by atoms with Gasteiger partial charge in [-0.25, -0.2) is 19.3 Å². The fourth-order valence-corrected chi connectivity index (χ4v) is 5.28. The number of likely N-dealkylation sites (tertiary alicyclic amines) is 1. The van der Waals surface area contributed by atoms with Crippen LogP contribution in [-0.2, 0) is 24.4 Å². The highest BCUT2D eigenvalue weighted by Gasteiger charge is 2.26. The van der Waals surface area contributed by atoms with Crippen LogP contribution in [0, 0.1) is 5.82 Å². The van der Waals surface area contributed by atoms with Crippen LogP contribution in [0.5, 0.6) is 6.01 Å². The van der Waals surface area contributed by atoms with Gasteiger partial charge in [0.1, 0.15) is 23.8 Å². The molecule has 5 heterocycles. The van der Waals surface area contributed by atoms with E-state index in [1.54, 1.807) is 24.4 Å². The summed E-state index contributed by atoms with van der Waals surface area (Å²) in [6.07, 6.45) is 4.47. The lowest BCUT2D eigenvalue weighted by atomic mass is 9.93. The fraction of sp³-hybridized carbons (Fsp3) is 0.393. The number of aromatic carboxylic acids is 1. The Morgan fingerprint density at radius 1 is 1.12 bits per heavy atom. The Balaban J connectivity index is 1.11. The minimum absolute atomic E-state index is 0.0110. The second-order valence-corrected chi connectivity index (χ2v) is 10.5. The van der Waals surface area contributed by atoms with E-state index < -0.39 is 11.8 Å². The van der Waals surface area contributed by atoms with Crippen molar-refractivity contribution in [2.45, 2.75) is 51.0 Å². The summed E-state index contributed by atoms with van der Waals surface area (Å²) >= 11 is 5.82. The fourth-order valence-electron chi connectivity index (χ4n) is 5.13. The highest BCUT2D eigenvalue weighted by molar-refractivity contribution is 6.30. The molecule has 0 amide bonds. The molecule has 4 aromatic rings. The highest BCUT2D eigenvalue weighted by Crippen LogP contribution is 2.29. The van der Waals surface area contributed by atoms with Crippen molar-refractivity contribution in [3.63, 3.8) is 0 Å². The first-order valence-corrected chi connectivity index (χ1v) is 13.6. The lowest BCUT2D eigenvalue weighted by Crippen LogP contribution is -2.35. The molecule has 0 radical (unpaired) electrons. The summed E-state index contributed by atoms with van der Waals surface area (Å²) < 4.78 is 27.4. The lowest BCUT2D eigenvalue weighted by molar-refractivity contribution is -0.255. The van der Waals surface area contributed by atoms with Gasteiger partial charge in [0.25, 0.3) is 0 Å². The molecule has 40 heavy (non-hydrogen) atoms. The number of halogens is 2. The zero-order valence-electron chi connectivity index (χ0n) is 21.6. The summed E-state index contributed by atoms with van der Waals surface area (Å²) in [4.78, 5) is 31.6. The number of nitrogens with zero attached hydrogens (tertiary/aromatic N) is 6. The average molecular weight is 566 g/mol. The van der Waals surface area contributed by atoms with Crippen LogP contribution in [0.3, 0.4) is 0 Å². The van der Waals surface area contributed by atoms with Crippen molar-refractivity contribution in [3.05, 3.63) is 76.2 Å². The minimum atomic E-state index is -1.31. The number of ether oxygens (including phenoxy) is 2. The molecule has 12 heteroatoms. The number of carbonyl (C=O) groups is 1. The smallest absolute Gasteiger partial charge is 0.316 e. The number of carbonyl (C=O) groups excluding carboxylic acids is 1. The Morgan fingerprint density at radius 2 is 1.95 bits per heavy atom. The standard InChI is InChI=1S/C28H28ClFN6O4/c29-19-2-1-18(21(30)13-19)16-40-28-31-9-5-22(34-28)17-6-10-35(11-7-17)15-25-32-23-3-4-24(27(37)38)33-26(23)36(25)14-20-8-12-39-20/h1-5,9,13,17,20H,6-8,10-12,14-16H2,(H,37,38)/p-1/t20-/m0/s1. The molecule has 1 aromatic carbocycles. The van der Waals surface area contributed by atoms with E-state index in [-0.39, 0.29) is 30.3 Å². The number of pyridine rings is 1. The Hall–Kier alpha value is -3.67. The quantitative estimate of drug-likeness (QED) is 0.301. The third kappa shape index (κ3) is 5.77. The SMILES string of the molecule is O=C([O-])c1ccc2nc(CN3CCC(c4ccnc(OCc5ccc(Cl)cc5F)n4)CC3)n(C[C@@H]3CCO3)c2n1. The van der Waals surface area contributed by atoms with Gasteiger partial charge < -0.3 is 23.9 Å². The average Bonchev–Trinajstić information content (AvgIpc) is 3.26. The van der Waals surface area contributed by atoms with Gasteiger partial charge in [-0.2, -0.15) is 4.98 Å². The zero-order valence-corrected chi connectivity index (χ0v) is 22.4. The van der Waals surface area contributed by atoms with Crippen molar-refractivity contribution < 1.29 is 23.8 Å². The normalized spacial score (nSPS) is 18.1. The number of benzene rings is 1. The van der Waals surface area contributed by atoms with Crippen LogP contribution < -0.4 is 9.84 Å². The molecule has 0 unspecified atom stereocenters. The first-order chi connectivity index (χ1) is 19.4. The molecule has 1 atom stereocenters. The van der Waals surface area contributed by atoms with E-state index in [2.05, 4.69) is 19.9 Å². The number of rotatable bonds is 9. The van der Waals surface area contributed by atoms with E-state index >= 15 is 0 Å². The topological polar surface area (TPSA) is 118 Å². The summed E-state index contributed by atoms with van der Waals surface area (Å²) in [5.41, 5.74) is 2.36. The van der Waals surface area contributed by atoms with E-state index in [0.29, 0.717) is 34.8 Å². The molecule has 3 aromatic heterocycles. The van der Waals surface area contributed by atoms with Crippen LogP contribution in [0.4, 0.5) is 4.39 Å². The predicted octanol–water partition coefficient (Wildman–Crippen LogP) is 3.12. The van der Waals surface area contributed by atoms with Gasteiger partial charge in [0.2, 0.25) is 0 Å². The summed E-state index contributed by atoms with van der Waals surface area (Å²) in [6.45, 7) is 3.60. The number of fused-ring (bicyclic) bond motifs is 1. The van der Waals surface area contributed by atoms with Crippen LogP contribution in [0.15, 0.2) is 42.6 Å². The molecule has 0 aliphatic carbocycles. The summed E-state index contributed by atoms with van der Waals surface area (Å²) in [6, 6.07) is 9.67. The Morgan fingerprint density at radius 3 is 2.67 bits per heavy atom. The minimum Gasteiger partial charge on any atom is -0.543 e. The molecule has 6 rings (SSSR count). The number of hydrogen-bond acceptors (Lipinski definition) is 9. The Kier molecular flexibility index (Phi) is 7.59.